The largest absolute Gasteiger partial charge is 0.453 e. The van der Waals surface area contributed by atoms with Crippen molar-refractivity contribution < 1.29 is 9.53 Å². The molecule has 0 heterocycles. The third-order valence-corrected chi connectivity index (χ3v) is 1.38. The predicted molar refractivity (Wildman–Crippen MR) is 40.4 cm³/mol. The molecule has 0 saturated carbocycles. The van der Waals surface area contributed by atoms with Gasteiger partial charge in [0.15, 0.2) is 0 Å². The smallest absolute Gasteiger partial charge is 0.409 e. The molecule has 0 radical (unpaired) electrons. The standard InChI is InChI=1S/C6H12ClNO2/c1-8(5-3-4-7)6(9)10-2/h3-5H2,1-2H3. The SMILES string of the molecule is COC(=O)N(C)CCCCl. The molecule has 0 aliphatic heterocycles. The minimum Gasteiger partial charge on any atom is -0.453 e. The maximum Gasteiger partial charge on any atom is 0.409 e. The first-order valence-corrected chi connectivity index (χ1v) is 3.61. The fraction of sp³-hybridized carbons (Fsp3) is 0.833. The summed E-state index contributed by atoms with van der Waals surface area (Å²) in [4.78, 5) is 12.2. The average molecular weight is 166 g/mol. The molecular weight excluding hydrogens is 154 g/mol. The average Bonchev–Trinajstić information content (AvgIpc) is 1.98. The van der Waals surface area contributed by atoms with Gasteiger partial charge in [0, 0.05) is 19.5 Å². The van der Waals surface area contributed by atoms with Gasteiger partial charge in [-0.25, -0.2) is 4.79 Å². The van der Waals surface area contributed by atoms with Crippen LogP contribution in [0.4, 0.5) is 4.79 Å². The summed E-state index contributed by atoms with van der Waals surface area (Å²) in [5.41, 5.74) is 0. The number of carbonyl (C=O) groups is 1. The molecule has 0 fully saturated rings. The highest BCUT2D eigenvalue weighted by molar-refractivity contribution is 6.17. The number of alkyl halides is 1. The Bertz CT molecular complexity index is 108. The van der Waals surface area contributed by atoms with E-state index in [4.69, 9.17) is 11.6 Å². The highest BCUT2D eigenvalue weighted by atomic mass is 35.5. The van der Waals surface area contributed by atoms with Crippen LogP contribution in [0.15, 0.2) is 0 Å². The van der Waals surface area contributed by atoms with Crippen molar-refractivity contribution in [2.45, 2.75) is 6.42 Å². The fourth-order valence-corrected chi connectivity index (χ4v) is 0.664. The van der Waals surface area contributed by atoms with E-state index in [1.165, 1.54) is 12.0 Å². The number of rotatable bonds is 3. The van der Waals surface area contributed by atoms with Crippen LogP contribution in [0.5, 0.6) is 0 Å². The summed E-state index contributed by atoms with van der Waals surface area (Å²) in [6.45, 7) is 0.649. The second-order valence-corrected chi connectivity index (χ2v) is 2.31. The van der Waals surface area contributed by atoms with Crippen molar-refractivity contribution in [3.8, 4) is 0 Å². The maximum absolute atomic E-state index is 10.7. The second kappa shape index (κ2) is 5.35. The van der Waals surface area contributed by atoms with Gasteiger partial charge in [-0.15, -0.1) is 11.6 Å². The molecule has 0 spiro atoms. The van der Waals surface area contributed by atoms with Crippen molar-refractivity contribution >= 4 is 17.7 Å². The molecule has 0 aromatic rings. The summed E-state index contributed by atoms with van der Waals surface area (Å²) >= 11 is 5.41. The summed E-state index contributed by atoms with van der Waals surface area (Å²) in [6.07, 6.45) is 0.484. The maximum atomic E-state index is 10.7. The van der Waals surface area contributed by atoms with Crippen LogP contribution < -0.4 is 0 Å². The van der Waals surface area contributed by atoms with Crippen molar-refractivity contribution in [3.05, 3.63) is 0 Å². The third kappa shape index (κ3) is 3.56. The van der Waals surface area contributed by atoms with Gasteiger partial charge in [0.05, 0.1) is 7.11 Å². The predicted octanol–water partition coefficient (Wildman–Crippen LogP) is 1.31. The van der Waals surface area contributed by atoms with E-state index >= 15 is 0 Å². The first-order valence-electron chi connectivity index (χ1n) is 3.07. The van der Waals surface area contributed by atoms with Crippen LogP contribution >= 0.6 is 11.6 Å². The Balaban J connectivity index is 3.41. The van der Waals surface area contributed by atoms with E-state index in [2.05, 4.69) is 4.74 Å². The topological polar surface area (TPSA) is 29.5 Å². The van der Waals surface area contributed by atoms with Crippen molar-refractivity contribution in [2.75, 3.05) is 26.6 Å². The molecule has 0 atom stereocenters. The number of carbonyl (C=O) groups excluding carboxylic acids is 1. The van der Waals surface area contributed by atoms with Gasteiger partial charge in [-0.2, -0.15) is 0 Å². The normalized spacial score (nSPS) is 9.10. The number of hydrogen-bond acceptors (Lipinski definition) is 2. The van der Waals surface area contributed by atoms with E-state index in [9.17, 15) is 4.79 Å². The first kappa shape index (κ1) is 9.56. The summed E-state index contributed by atoms with van der Waals surface area (Å²) in [6, 6.07) is 0. The zero-order chi connectivity index (χ0) is 7.98. The minimum atomic E-state index is -0.315. The Labute approximate surface area is 65.9 Å². The van der Waals surface area contributed by atoms with Gasteiger partial charge in [-0.05, 0) is 6.42 Å². The van der Waals surface area contributed by atoms with Gasteiger partial charge in [0.25, 0.3) is 0 Å². The van der Waals surface area contributed by atoms with Crippen LogP contribution in [0.1, 0.15) is 6.42 Å². The number of hydrogen-bond donors (Lipinski definition) is 0. The van der Waals surface area contributed by atoms with Crippen LogP contribution in [0.25, 0.3) is 0 Å². The lowest BCUT2D eigenvalue weighted by Gasteiger charge is -2.13. The third-order valence-electron chi connectivity index (χ3n) is 1.11. The van der Waals surface area contributed by atoms with Gasteiger partial charge in [-0.1, -0.05) is 0 Å². The lowest BCUT2D eigenvalue weighted by Crippen LogP contribution is -2.27. The molecule has 0 aliphatic rings. The highest BCUT2D eigenvalue weighted by Gasteiger charge is 2.05. The Morgan fingerprint density at radius 3 is 2.70 bits per heavy atom. The summed E-state index contributed by atoms with van der Waals surface area (Å²) in [5.74, 6) is 0.571. The van der Waals surface area contributed by atoms with Gasteiger partial charge in [0.1, 0.15) is 0 Å². The fourth-order valence-electron chi connectivity index (χ4n) is 0.544. The molecule has 0 aliphatic carbocycles. The van der Waals surface area contributed by atoms with Crippen LogP contribution in [-0.2, 0) is 4.74 Å². The Morgan fingerprint density at radius 2 is 2.30 bits per heavy atom. The number of nitrogens with zero attached hydrogens (tertiary/aromatic N) is 1. The molecule has 10 heavy (non-hydrogen) atoms. The quantitative estimate of drug-likeness (QED) is 0.591. The monoisotopic (exact) mass is 165 g/mol. The molecule has 60 valence electrons. The summed E-state index contributed by atoms with van der Waals surface area (Å²) < 4.78 is 4.45. The lowest BCUT2D eigenvalue weighted by molar-refractivity contribution is 0.133. The van der Waals surface area contributed by atoms with Crippen molar-refractivity contribution in [3.63, 3.8) is 0 Å². The molecule has 0 unspecified atom stereocenters. The number of methoxy groups -OCH3 is 1. The van der Waals surface area contributed by atoms with Gasteiger partial charge in [0.2, 0.25) is 0 Å². The van der Waals surface area contributed by atoms with Crippen LogP contribution in [0, 0.1) is 0 Å². The first-order chi connectivity index (χ1) is 4.72. The van der Waals surface area contributed by atoms with E-state index in [1.807, 2.05) is 0 Å². The molecular formula is C6H12ClNO2. The molecule has 0 aromatic heterocycles. The zero-order valence-electron chi connectivity index (χ0n) is 6.26. The molecule has 0 saturated heterocycles. The van der Waals surface area contributed by atoms with E-state index in [0.29, 0.717) is 12.4 Å². The van der Waals surface area contributed by atoms with Gasteiger partial charge < -0.3 is 9.64 Å². The van der Waals surface area contributed by atoms with Gasteiger partial charge >= 0.3 is 6.09 Å². The number of halogens is 1. The van der Waals surface area contributed by atoms with Crippen LogP contribution in [0.2, 0.25) is 0 Å². The molecule has 3 nitrogen and oxygen atoms in total. The van der Waals surface area contributed by atoms with Crippen molar-refractivity contribution in [1.82, 2.24) is 4.90 Å². The lowest BCUT2D eigenvalue weighted by atomic mass is 10.4. The molecule has 0 N–H and O–H groups in total. The second-order valence-electron chi connectivity index (χ2n) is 1.93. The van der Waals surface area contributed by atoms with Crippen LogP contribution in [0.3, 0.4) is 0 Å². The molecule has 4 heteroatoms. The highest BCUT2D eigenvalue weighted by Crippen LogP contribution is 1.92. The van der Waals surface area contributed by atoms with Gasteiger partial charge in [-0.3, -0.25) is 0 Å². The zero-order valence-corrected chi connectivity index (χ0v) is 7.02. The molecule has 0 bridgehead atoms. The molecule has 0 rings (SSSR count). The number of amides is 1. The Kier molecular flexibility index (Phi) is 5.12. The van der Waals surface area contributed by atoms with E-state index in [-0.39, 0.29) is 6.09 Å². The van der Waals surface area contributed by atoms with E-state index in [1.54, 1.807) is 7.05 Å². The van der Waals surface area contributed by atoms with Crippen molar-refractivity contribution in [2.24, 2.45) is 0 Å². The van der Waals surface area contributed by atoms with E-state index < -0.39 is 0 Å². The summed E-state index contributed by atoms with van der Waals surface area (Å²) in [7, 11) is 3.04. The number of ether oxygens (including phenoxy) is 1. The Hall–Kier alpha value is -0.440. The summed E-state index contributed by atoms with van der Waals surface area (Å²) in [5, 5.41) is 0. The Morgan fingerprint density at radius 1 is 1.70 bits per heavy atom. The van der Waals surface area contributed by atoms with E-state index in [0.717, 1.165) is 6.42 Å². The van der Waals surface area contributed by atoms with Crippen molar-refractivity contribution in [1.29, 1.82) is 0 Å². The molecule has 1 amide bonds. The van der Waals surface area contributed by atoms with Crippen LogP contribution in [-0.4, -0.2) is 37.6 Å². The molecule has 0 aromatic carbocycles. The minimum absolute atomic E-state index is 0.315.